The molecule has 0 saturated heterocycles. The highest BCUT2D eigenvalue weighted by Crippen LogP contribution is 2.35. The zero-order chi connectivity index (χ0) is 32.6. The zero-order valence-electron chi connectivity index (χ0n) is 24.9. The van der Waals surface area contributed by atoms with Crippen LogP contribution in [0.1, 0.15) is 36.6 Å². The minimum absolute atomic E-state index is 0.223. The highest BCUT2D eigenvalue weighted by molar-refractivity contribution is 9.11. The van der Waals surface area contributed by atoms with Crippen LogP contribution >= 0.6 is 44.1 Å². The Bertz CT molecular complexity index is 1860. The fraction of sp³-hybridized carbons (Fsp3) is 0.176. The first-order valence-electron chi connectivity index (χ1n) is 14.3. The van der Waals surface area contributed by atoms with Gasteiger partial charge in [-0.25, -0.2) is 10.2 Å². The number of nitrogens with zero attached hydrogens (tertiary/aromatic N) is 1. The number of thiocarbonyl (C=S) groups is 1. The summed E-state index contributed by atoms with van der Waals surface area (Å²) >= 11 is 12.4. The topological polar surface area (TPSA) is 110 Å². The van der Waals surface area contributed by atoms with Crippen LogP contribution in [-0.4, -0.2) is 36.4 Å². The molecule has 1 aliphatic rings. The first-order valence-corrected chi connectivity index (χ1v) is 16.3. The second-order valence-corrected chi connectivity index (χ2v) is 12.3. The van der Waals surface area contributed by atoms with Crippen molar-refractivity contribution >= 4 is 78.1 Å². The maximum atomic E-state index is 12.8. The third-order valence-electron chi connectivity index (χ3n) is 7.04. The molecule has 1 aliphatic heterocycles. The van der Waals surface area contributed by atoms with Gasteiger partial charge in [0.05, 0.1) is 28.9 Å². The zero-order valence-corrected chi connectivity index (χ0v) is 28.9. The number of para-hydroxylation sites is 1. The molecule has 0 radical (unpaired) electrons. The van der Waals surface area contributed by atoms with Crippen molar-refractivity contribution < 1.29 is 23.8 Å². The van der Waals surface area contributed by atoms with Gasteiger partial charge in [-0.2, -0.15) is 5.10 Å². The number of esters is 1. The molecule has 5 rings (SSSR count). The van der Waals surface area contributed by atoms with Crippen molar-refractivity contribution in [2.24, 2.45) is 5.10 Å². The van der Waals surface area contributed by atoms with E-state index in [1.165, 1.54) is 6.21 Å². The Morgan fingerprint density at radius 1 is 1.02 bits per heavy atom. The van der Waals surface area contributed by atoms with Gasteiger partial charge in [-0.1, -0.05) is 76.6 Å². The maximum absolute atomic E-state index is 12.8. The number of halogens is 2. The molecule has 12 heteroatoms. The van der Waals surface area contributed by atoms with E-state index in [1.54, 1.807) is 32.0 Å². The summed E-state index contributed by atoms with van der Waals surface area (Å²) < 4.78 is 19.0. The highest BCUT2D eigenvalue weighted by Gasteiger charge is 2.32. The molecule has 1 atom stereocenters. The summed E-state index contributed by atoms with van der Waals surface area (Å²) in [4.78, 5) is 25.6. The fourth-order valence-corrected chi connectivity index (χ4v) is 6.65. The smallest absolute Gasteiger partial charge is 0.338 e. The lowest BCUT2D eigenvalue weighted by molar-refractivity contribution is -0.139. The number of hydrazone groups is 1. The van der Waals surface area contributed by atoms with Crippen LogP contribution in [0.3, 0.4) is 0 Å². The number of ether oxygens (including phenoxy) is 3. The van der Waals surface area contributed by atoms with Crippen LogP contribution in [0.25, 0.3) is 10.8 Å². The molecule has 1 amide bonds. The van der Waals surface area contributed by atoms with Gasteiger partial charge in [0.25, 0.3) is 5.91 Å². The van der Waals surface area contributed by atoms with Crippen molar-refractivity contribution in [1.29, 1.82) is 0 Å². The summed E-state index contributed by atoms with van der Waals surface area (Å²) in [6.07, 6.45) is 1.51. The molecule has 4 aromatic carbocycles. The van der Waals surface area contributed by atoms with E-state index in [9.17, 15) is 9.59 Å². The molecule has 4 aromatic rings. The lowest BCUT2D eigenvalue weighted by atomic mass is 9.95. The van der Waals surface area contributed by atoms with E-state index in [0.29, 0.717) is 45.6 Å². The minimum atomic E-state index is -0.632. The third kappa shape index (κ3) is 7.93. The average molecular weight is 767 g/mol. The normalized spacial score (nSPS) is 14.5. The van der Waals surface area contributed by atoms with Gasteiger partial charge in [0.1, 0.15) is 18.1 Å². The number of carbonyl (C=O) groups excluding carboxylic acids is 2. The molecular weight excluding hydrogens is 736 g/mol. The fourth-order valence-electron chi connectivity index (χ4n) is 5.00. The van der Waals surface area contributed by atoms with E-state index >= 15 is 0 Å². The molecule has 0 aliphatic carbocycles. The molecule has 1 heterocycles. The summed E-state index contributed by atoms with van der Waals surface area (Å²) in [6.45, 7) is 3.73. The number of carbonyl (C=O) groups is 2. The SMILES string of the molecule is CCOC(=O)C1=C(C)NC(=S)N[C@H]1c1ccccc1OCC(=O)NN=Cc1cc(Br)cc(Br)c1OCc1cccc2ccccc12. The Labute approximate surface area is 288 Å². The van der Waals surface area contributed by atoms with E-state index in [1.807, 2.05) is 42.5 Å². The van der Waals surface area contributed by atoms with Crippen molar-refractivity contribution in [3.8, 4) is 11.5 Å². The number of amides is 1. The van der Waals surface area contributed by atoms with E-state index < -0.39 is 17.9 Å². The Balaban J connectivity index is 1.26. The Kier molecular flexibility index (Phi) is 11.1. The van der Waals surface area contributed by atoms with Gasteiger partial charge in [0.15, 0.2) is 11.7 Å². The van der Waals surface area contributed by atoms with Gasteiger partial charge >= 0.3 is 5.97 Å². The predicted octanol–water partition coefficient (Wildman–Crippen LogP) is 6.83. The van der Waals surface area contributed by atoms with Crippen molar-refractivity contribution in [2.45, 2.75) is 26.5 Å². The number of nitrogens with one attached hydrogen (secondary N) is 3. The highest BCUT2D eigenvalue weighted by atomic mass is 79.9. The summed E-state index contributed by atoms with van der Waals surface area (Å²) in [5, 5.41) is 12.9. The van der Waals surface area contributed by atoms with Crippen LogP contribution in [0.5, 0.6) is 11.5 Å². The van der Waals surface area contributed by atoms with Gasteiger partial charge in [0, 0.05) is 21.3 Å². The molecule has 0 saturated carbocycles. The van der Waals surface area contributed by atoms with Crippen LogP contribution < -0.4 is 25.5 Å². The number of fused-ring (bicyclic) bond motifs is 1. The molecular formula is C34H30Br2N4O5S. The Morgan fingerprint density at radius 3 is 2.61 bits per heavy atom. The first kappa shape index (κ1) is 33.1. The molecule has 9 nitrogen and oxygen atoms in total. The second-order valence-electron chi connectivity index (χ2n) is 10.1. The van der Waals surface area contributed by atoms with Crippen molar-refractivity contribution in [3.05, 3.63) is 116 Å². The van der Waals surface area contributed by atoms with Crippen LogP contribution in [0.4, 0.5) is 0 Å². The molecule has 0 unspecified atom stereocenters. The van der Waals surface area contributed by atoms with Crippen LogP contribution in [0.2, 0.25) is 0 Å². The molecule has 0 bridgehead atoms. The Hall–Kier alpha value is -4.26. The molecule has 236 valence electrons. The van der Waals surface area contributed by atoms with Crippen molar-refractivity contribution in [3.63, 3.8) is 0 Å². The standard InChI is InChI=1S/C34H30Br2N4O5S/c1-3-43-33(42)30-20(2)38-34(46)39-31(30)26-13-6-7-14-28(26)44-19-29(41)40-37-17-23-15-24(35)16-27(36)32(23)45-18-22-11-8-10-21-9-4-5-12-25(21)22/h4-17,31H,3,18-19H2,1-2H3,(H,40,41)(H2,38,39,46)/t31-/m0/s1. The van der Waals surface area contributed by atoms with Gasteiger partial charge in [0.2, 0.25) is 0 Å². The minimum Gasteiger partial charge on any atom is -0.487 e. The largest absolute Gasteiger partial charge is 0.487 e. The molecule has 0 fully saturated rings. The van der Waals surface area contributed by atoms with Gasteiger partial charge in [-0.3, -0.25) is 4.79 Å². The molecule has 46 heavy (non-hydrogen) atoms. The predicted molar refractivity (Wildman–Crippen MR) is 189 cm³/mol. The average Bonchev–Trinajstić information content (AvgIpc) is 3.03. The van der Waals surface area contributed by atoms with Gasteiger partial charge in [-0.05, 0) is 76.5 Å². The van der Waals surface area contributed by atoms with Crippen molar-refractivity contribution in [1.82, 2.24) is 16.1 Å². The Morgan fingerprint density at radius 2 is 1.78 bits per heavy atom. The van der Waals surface area contributed by atoms with Gasteiger partial charge < -0.3 is 24.8 Å². The second kappa shape index (κ2) is 15.4. The van der Waals surface area contributed by atoms with E-state index in [4.69, 9.17) is 26.4 Å². The lowest BCUT2D eigenvalue weighted by Crippen LogP contribution is -2.45. The van der Waals surface area contributed by atoms with E-state index in [2.05, 4.69) is 71.2 Å². The maximum Gasteiger partial charge on any atom is 0.338 e. The van der Waals surface area contributed by atoms with Crippen LogP contribution in [-0.2, 0) is 20.9 Å². The summed E-state index contributed by atoms with van der Waals surface area (Å²) in [6, 6.07) is 24.5. The molecule has 3 N–H and O–H groups in total. The van der Waals surface area contributed by atoms with Gasteiger partial charge in [-0.15, -0.1) is 0 Å². The number of hydrogen-bond donors (Lipinski definition) is 3. The van der Waals surface area contributed by atoms with Crippen LogP contribution in [0.15, 0.2) is 104 Å². The van der Waals surface area contributed by atoms with Crippen LogP contribution in [0, 0.1) is 0 Å². The monoisotopic (exact) mass is 764 g/mol. The number of hydrogen-bond acceptors (Lipinski definition) is 7. The summed E-state index contributed by atoms with van der Waals surface area (Å²) in [5.41, 5.74) is 5.78. The number of benzene rings is 4. The molecule has 0 aromatic heterocycles. The summed E-state index contributed by atoms with van der Waals surface area (Å²) in [7, 11) is 0. The van der Waals surface area contributed by atoms with E-state index in [-0.39, 0.29) is 13.2 Å². The third-order valence-corrected chi connectivity index (χ3v) is 8.30. The van der Waals surface area contributed by atoms with E-state index in [0.717, 1.165) is 25.3 Å². The quantitative estimate of drug-likeness (QED) is 0.0661. The van der Waals surface area contributed by atoms with Crippen molar-refractivity contribution in [2.75, 3.05) is 13.2 Å². The number of rotatable bonds is 11. The summed E-state index contributed by atoms with van der Waals surface area (Å²) in [5.74, 6) is 0.0180. The lowest BCUT2D eigenvalue weighted by Gasteiger charge is -2.30. The number of allylic oxidation sites excluding steroid dienone is 1. The molecule has 0 spiro atoms. The first-order chi connectivity index (χ1) is 22.2.